The number of guanidine groups is 1. The van der Waals surface area contributed by atoms with Gasteiger partial charge in [-0.05, 0) is 48.4 Å². The van der Waals surface area contributed by atoms with Crippen molar-refractivity contribution in [3.05, 3.63) is 47.3 Å². The molecule has 4 rings (SSSR count). The highest BCUT2D eigenvalue weighted by Crippen LogP contribution is 2.32. The molecule has 1 aromatic heterocycles. The highest BCUT2D eigenvalue weighted by Gasteiger charge is 2.23. The van der Waals surface area contributed by atoms with Crippen molar-refractivity contribution in [1.29, 1.82) is 0 Å². The Morgan fingerprint density at radius 1 is 1.19 bits per heavy atom. The molecule has 1 fully saturated rings. The van der Waals surface area contributed by atoms with Crippen LogP contribution in [-0.4, -0.2) is 45.3 Å². The molecular formula is C21H28N4OS. The molecule has 0 aliphatic carbocycles. The van der Waals surface area contributed by atoms with Gasteiger partial charge in [-0.15, -0.1) is 11.3 Å². The molecule has 144 valence electrons. The lowest BCUT2D eigenvalue weighted by atomic mass is 9.93. The van der Waals surface area contributed by atoms with E-state index >= 15 is 0 Å². The van der Waals surface area contributed by atoms with Crippen LogP contribution in [0.4, 0.5) is 5.00 Å². The highest BCUT2D eigenvalue weighted by atomic mass is 32.1. The number of rotatable bonds is 4. The Morgan fingerprint density at radius 2 is 2.04 bits per heavy atom. The lowest BCUT2D eigenvalue weighted by Crippen LogP contribution is -2.49. The van der Waals surface area contributed by atoms with Crippen LogP contribution in [0.3, 0.4) is 0 Å². The molecule has 0 bridgehead atoms. The van der Waals surface area contributed by atoms with Crippen molar-refractivity contribution in [3.63, 3.8) is 0 Å². The predicted molar refractivity (Wildman–Crippen MR) is 113 cm³/mol. The zero-order chi connectivity index (χ0) is 18.5. The third-order valence-corrected chi connectivity index (χ3v) is 6.40. The fourth-order valence-electron chi connectivity index (χ4n) is 3.93. The minimum Gasteiger partial charge on any atom is -0.493 e. The van der Waals surface area contributed by atoms with Gasteiger partial charge in [0.15, 0.2) is 5.96 Å². The molecule has 2 aromatic rings. The fourth-order valence-corrected chi connectivity index (χ4v) is 4.72. The average molecular weight is 385 g/mol. The summed E-state index contributed by atoms with van der Waals surface area (Å²) in [6.07, 6.45) is 3.32. The first-order valence-electron chi connectivity index (χ1n) is 9.81. The van der Waals surface area contributed by atoms with E-state index in [1.165, 1.54) is 10.6 Å². The van der Waals surface area contributed by atoms with Gasteiger partial charge in [-0.1, -0.05) is 18.2 Å². The number of thiophene rings is 1. The molecule has 1 aromatic carbocycles. The van der Waals surface area contributed by atoms with Crippen molar-refractivity contribution >= 4 is 22.3 Å². The third kappa shape index (κ3) is 4.38. The van der Waals surface area contributed by atoms with Crippen LogP contribution >= 0.6 is 11.3 Å². The number of aliphatic imine (C=N–C) groups is 1. The van der Waals surface area contributed by atoms with Gasteiger partial charge in [0.1, 0.15) is 5.75 Å². The average Bonchev–Trinajstić information content (AvgIpc) is 3.26. The van der Waals surface area contributed by atoms with Gasteiger partial charge in [0.2, 0.25) is 0 Å². The van der Waals surface area contributed by atoms with Gasteiger partial charge in [-0.2, -0.15) is 0 Å². The summed E-state index contributed by atoms with van der Waals surface area (Å²) in [6.45, 7) is 3.87. The van der Waals surface area contributed by atoms with Gasteiger partial charge >= 0.3 is 0 Å². The minimum atomic E-state index is 0.467. The van der Waals surface area contributed by atoms with E-state index in [0.717, 1.165) is 57.2 Å². The number of anilines is 1. The Hall–Kier alpha value is -2.21. The maximum Gasteiger partial charge on any atom is 0.191 e. The SMILES string of the molecule is CN=C(NCC1CCOc2ccccc21)NC1CCN(c2cccs2)CC1. The first-order chi connectivity index (χ1) is 13.3. The molecule has 5 nitrogen and oxygen atoms in total. The Morgan fingerprint density at radius 3 is 2.81 bits per heavy atom. The molecule has 2 aliphatic heterocycles. The van der Waals surface area contributed by atoms with Crippen LogP contribution in [-0.2, 0) is 0 Å². The zero-order valence-corrected chi connectivity index (χ0v) is 16.7. The molecule has 1 saturated heterocycles. The molecule has 3 heterocycles. The topological polar surface area (TPSA) is 48.9 Å². The van der Waals surface area contributed by atoms with Crippen molar-refractivity contribution < 1.29 is 4.74 Å². The standard InChI is InChI=1S/C21H28N4OS/c1-22-21(23-15-16-10-13-26-19-6-3-2-5-18(16)19)24-17-8-11-25(12-9-17)20-7-4-14-27-20/h2-7,14,16-17H,8-13,15H2,1H3,(H2,22,23,24). The lowest BCUT2D eigenvalue weighted by Gasteiger charge is -2.34. The van der Waals surface area contributed by atoms with E-state index < -0.39 is 0 Å². The Bertz CT molecular complexity index is 753. The number of nitrogens with zero attached hydrogens (tertiary/aromatic N) is 2. The number of hydrogen-bond donors (Lipinski definition) is 2. The van der Waals surface area contributed by atoms with Crippen LogP contribution in [0.5, 0.6) is 5.75 Å². The number of piperidine rings is 1. The van der Waals surface area contributed by atoms with Crippen LogP contribution in [0, 0.1) is 0 Å². The molecule has 0 saturated carbocycles. The molecular weight excluding hydrogens is 356 g/mol. The van der Waals surface area contributed by atoms with Gasteiger partial charge in [-0.3, -0.25) is 4.99 Å². The summed E-state index contributed by atoms with van der Waals surface area (Å²) >= 11 is 1.83. The van der Waals surface area contributed by atoms with Gasteiger partial charge < -0.3 is 20.3 Å². The maximum absolute atomic E-state index is 5.77. The van der Waals surface area contributed by atoms with Crippen LogP contribution in [0.1, 0.15) is 30.7 Å². The normalized spacial score (nSPS) is 20.7. The summed E-state index contributed by atoms with van der Waals surface area (Å²) in [5.74, 6) is 2.40. The van der Waals surface area contributed by atoms with Crippen molar-refractivity contribution in [2.24, 2.45) is 4.99 Å². The van der Waals surface area contributed by atoms with Crippen molar-refractivity contribution in [1.82, 2.24) is 10.6 Å². The number of ether oxygens (including phenoxy) is 1. The van der Waals surface area contributed by atoms with Gasteiger partial charge in [0, 0.05) is 38.6 Å². The van der Waals surface area contributed by atoms with Gasteiger partial charge in [0.25, 0.3) is 0 Å². The number of benzene rings is 1. The predicted octanol–water partition coefficient (Wildman–Crippen LogP) is 3.45. The van der Waals surface area contributed by atoms with Crippen LogP contribution in [0.2, 0.25) is 0 Å². The van der Waals surface area contributed by atoms with Crippen LogP contribution < -0.4 is 20.3 Å². The van der Waals surface area contributed by atoms with E-state index in [9.17, 15) is 0 Å². The van der Waals surface area contributed by atoms with Crippen molar-refractivity contribution in [2.45, 2.75) is 31.2 Å². The van der Waals surface area contributed by atoms with Crippen LogP contribution in [0.15, 0.2) is 46.8 Å². The Kier molecular flexibility index (Phi) is 5.82. The first kappa shape index (κ1) is 18.2. The Labute approximate surface area is 165 Å². The summed E-state index contributed by atoms with van der Waals surface area (Å²) in [5.41, 5.74) is 1.30. The first-order valence-corrected chi connectivity index (χ1v) is 10.7. The molecule has 6 heteroatoms. The number of para-hydroxylation sites is 1. The lowest BCUT2D eigenvalue weighted by molar-refractivity contribution is 0.267. The third-order valence-electron chi connectivity index (χ3n) is 5.48. The highest BCUT2D eigenvalue weighted by molar-refractivity contribution is 7.14. The second kappa shape index (κ2) is 8.65. The maximum atomic E-state index is 5.77. The second-order valence-electron chi connectivity index (χ2n) is 7.18. The zero-order valence-electron chi connectivity index (χ0n) is 15.9. The number of nitrogens with one attached hydrogen (secondary N) is 2. The molecule has 0 amide bonds. The van der Waals surface area contributed by atoms with E-state index in [1.807, 2.05) is 24.5 Å². The van der Waals surface area contributed by atoms with Gasteiger partial charge in [0.05, 0.1) is 11.6 Å². The molecule has 1 atom stereocenters. The summed E-state index contributed by atoms with van der Waals surface area (Å²) in [4.78, 5) is 6.93. The Balaban J connectivity index is 1.27. The van der Waals surface area contributed by atoms with E-state index in [2.05, 4.69) is 56.2 Å². The summed E-state index contributed by atoms with van der Waals surface area (Å²) in [5, 5.41) is 10.7. The largest absolute Gasteiger partial charge is 0.493 e. The van der Waals surface area contributed by atoms with E-state index in [0.29, 0.717) is 12.0 Å². The van der Waals surface area contributed by atoms with E-state index in [1.54, 1.807) is 0 Å². The molecule has 1 unspecified atom stereocenters. The molecule has 27 heavy (non-hydrogen) atoms. The quantitative estimate of drug-likeness (QED) is 0.626. The minimum absolute atomic E-state index is 0.467. The molecule has 2 aliphatic rings. The molecule has 0 spiro atoms. The van der Waals surface area contributed by atoms with Crippen molar-refractivity contribution in [3.8, 4) is 5.75 Å². The van der Waals surface area contributed by atoms with Crippen molar-refractivity contribution in [2.75, 3.05) is 38.2 Å². The second-order valence-corrected chi connectivity index (χ2v) is 8.11. The van der Waals surface area contributed by atoms with Gasteiger partial charge in [-0.25, -0.2) is 0 Å². The summed E-state index contributed by atoms with van der Waals surface area (Å²) < 4.78 is 5.77. The number of fused-ring (bicyclic) bond motifs is 1. The fraction of sp³-hybridized carbons (Fsp3) is 0.476. The number of hydrogen-bond acceptors (Lipinski definition) is 4. The summed E-state index contributed by atoms with van der Waals surface area (Å²) in [6, 6.07) is 13.2. The van der Waals surface area contributed by atoms with E-state index in [4.69, 9.17) is 4.74 Å². The summed E-state index contributed by atoms with van der Waals surface area (Å²) in [7, 11) is 1.86. The smallest absolute Gasteiger partial charge is 0.191 e. The van der Waals surface area contributed by atoms with E-state index in [-0.39, 0.29) is 0 Å². The molecule has 2 N–H and O–H groups in total. The monoisotopic (exact) mass is 384 g/mol. The van der Waals surface area contributed by atoms with Crippen LogP contribution in [0.25, 0.3) is 0 Å². The molecule has 0 radical (unpaired) electrons.